The van der Waals surface area contributed by atoms with E-state index in [0.29, 0.717) is 23.5 Å². The summed E-state index contributed by atoms with van der Waals surface area (Å²) in [6.45, 7) is 7.53. The molecule has 0 fully saturated rings. The molecule has 3 rings (SSSR count). The number of Topliss-reactive ketones (excluding diaryl/α,β-unsaturated/α-hetero) is 1. The van der Waals surface area contributed by atoms with Crippen molar-refractivity contribution in [2.24, 2.45) is 0 Å². The Morgan fingerprint density at radius 1 is 1.09 bits per heavy atom. The molecule has 0 aliphatic rings. The van der Waals surface area contributed by atoms with Gasteiger partial charge in [-0.25, -0.2) is 13.2 Å². The molecule has 0 saturated heterocycles. The van der Waals surface area contributed by atoms with Gasteiger partial charge in [-0.15, -0.1) is 6.58 Å². The van der Waals surface area contributed by atoms with E-state index in [4.69, 9.17) is 9.47 Å². The molecule has 0 unspecified atom stereocenters. The third kappa shape index (κ3) is 5.46. The van der Waals surface area contributed by atoms with Gasteiger partial charge in [0.25, 0.3) is 10.0 Å². The molecule has 2 aromatic carbocycles. The second kappa shape index (κ2) is 10.6. The second-order valence-electron chi connectivity index (χ2n) is 7.88. The van der Waals surface area contributed by atoms with Crippen LogP contribution in [0.15, 0.2) is 72.1 Å². The minimum Gasteiger partial charge on any atom is -0.497 e. The quantitative estimate of drug-likeness (QED) is 0.238. The fourth-order valence-corrected chi connectivity index (χ4v) is 4.90. The first kappa shape index (κ1) is 25.8. The van der Waals surface area contributed by atoms with Gasteiger partial charge >= 0.3 is 5.97 Å². The highest BCUT2D eigenvalue weighted by Gasteiger charge is 2.23. The van der Waals surface area contributed by atoms with Gasteiger partial charge in [0.1, 0.15) is 5.75 Å². The highest BCUT2D eigenvalue weighted by molar-refractivity contribution is 7.92. The van der Waals surface area contributed by atoms with Gasteiger partial charge in [-0.2, -0.15) is 0 Å². The summed E-state index contributed by atoms with van der Waals surface area (Å²) in [4.78, 5) is 25.2. The van der Waals surface area contributed by atoms with Crippen LogP contribution < -0.4 is 9.04 Å². The summed E-state index contributed by atoms with van der Waals surface area (Å²) in [6.07, 6.45) is 1.74. The van der Waals surface area contributed by atoms with E-state index >= 15 is 0 Å². The van der Waals surface area contributed by atoms with Crippen LogP contribution in [0.1, 0.15) is 32.1 Å². The lowest BCUT2D eigenvalue weighted by Gasteiger charge is -2.20. The summed E-state index contributed by atoms with van der Waals surface area (Å²) in [7, 11) is -1.01. The molecule has 0 spiro atoms. The summed E-state index contributed by atoms with van der Waals surface area (Å²) >= 11 is 0. The second-order valence-corrected chi connectivity index (χ2v) is 9.85. The van der Waals surface area contributed by atoms with E-state index in [2.05, 4.69) is 6.58 Å². The van der Waals surface area contributed by atoms with Crippen LogP contribution in [0.25, 0.3) is 0 Å². The van der Waals surface area contributed by atoms with Gasteiger partial charge in [-0.05, 0) is 62.4 Å². The Morgan fingerprint density at radius 2 is 1.77 bits per heavy atom. The van der Waals surface area contributed by atoms with Crippen molar-refractivity contribution in [2.45, 2.75) is 25.3 Å². The number of nitrogens with zero attached hydrogens (tertiary/aromatic N) is 2. The highest BCUT2D eigenvalue weighted by Crippen LogP contribution is 2.25. The number of anilines is 1. The summed E-state index contributed by atoms with van der Waals surface area (Å²) in [5.41, 5.74) is 2.58. The normalized spacial score (nSPS) is 11.1. The van der Waals surface area contributed by atoms with Crippen molar-refractivity contribution in [3.05, 3.63) is 89.8 Å². The molecule has 0 atom stereocenters. The van der Waals surface area contributed by atoms with Crippen LogP contribution in [0, 0.1) is 13.8 Å². The molecular formula is C26H28N2O6S. The number of sulfonamides is 1. The maximum atomic E-state index is 13.1. The Hall–Kier alpha value is -3.85. The van der Waals surface area contributed by atoms with E-state index in [1.54, 1.807) is 36.4 Å². The van der Waals surface area contributed by atoms with Crippen LogP contribution in [0.4, 0.5) is 5.69 Å². The number of esters is 1. The van der Waals surface area contributed by atoms with Crippen molar-refractivity contribution in [1.29, 1.82) is 0 Å². The first-order valence-electron chi connectivity index (χ1n) is 10.8. The summed E-state index contributed by atoms with van der Waals surface area (Å²) in [5, 5.41) is 0. The van der Waals surface area contributed by atoms with E-state index in [-0.39, 0.29) is 16.2 Å². The topological polar surface area (TPSA) is 94.9 Å². The van der Waals surface area contributed by atoms with Gasteiger partial charge < -0.3 is 14.0 Å². The number of carbonyl (C=O) groups is 2. The van der Waals surface area contributed by atoms with Crippen LogP contribution in [-0.2, 0) is 21.3 Å². The predicted molar refractivity (Wildman–Crippen MR) is 134 cm³/mol. The molecule has 0 aliphatic heterocycles. The minimum atomic E-state index is -3.95. The summed E-state index contributed by atoms with van der Waals surface area (Å²) in [6, 6.07) is 13.8. The molecular weight excluding hydrogens is 468 g/mol. The maximum Gasteiger partial charge on any atom is 0.338 e. The Bertz CT molecular complexity index is 1360. The van der Waals surface area contributed by atoms with E-state index in [0.717, 1.165) is 15.7 Å². The molecule has 0 saturated carbocycles. The van der Waals surface area contributed by atoms with Crippen LogP contribution in [0.3, 0.4) is 0 Å². The van der Waals surface area contributed by atoms with Crippen LogP contribution in [0.5, 0.6) is 5.75 Å². The summed E-state index contributed by atoms with van der Waals surface area (Å²) in [5.74, 6) is -0.534. The van der Waals surface area contributed by atoms with Crippen molar-refractivity contribution in [2.75, 3.05) is 25.1 Å². The van der Waals surface area contributed by atoms with Gasteiger partial charge in [0.05, 0.1) is 23.3 Å². The zero-order chi connectivity index (χ0) is 25.8. The Balaban J connectivity index is 1.74. The van der Waals surface area contributed by atoms with Gasteiger partial charge in [0, 0.05) is 30.5 Å². The van der Waals surface area contributed by atoms with Crippen LogP contribution >= 0.6 is 0 Å². The smallest absolute Gasteiger partial charge is 0.338 e. The number of allylic oxidation sites excluding steroid dienone is 1. The Labute approximate surface area is 205 Å². The average Bonchev–Trinajstić information content (AvgIpc) is 3.15. The number of ketones is 1. The van der Waals surface area contributed by atoms with Crippen molar-refractivity contribution >= 4 is 27.5 Å². The number of hydrogen-bond donors (Lipinski definition) is 0. The zero-order valence-electron chi connectivity index (χ0n) is 20.1. The lowest BCUT2D eigenvalue weighted by molar-refractivity contribution is 0.0474. The number of ether oxygens (including phenoxy) is 2. The Morgan fingerprint density at radius 3 is 2.40 bits per heavy atom. The SMILES string of the molecule is C=CCn1c(C)cc(C(=O)COC(=O)c2cccc(S(=O)(=O)N(C)c3ccc(OC)cc3)c2)c1C. The molecule has 8 nitrogen and oxygen atoms in total. The highest BCUT2D eigenvalue weighted by atomic mass is 32.2. The molecule has 3 aromatic rings. The van der Waals surface area contributed by atoms with Gasteiger partial charge in [0.2, 0.25) is 5.78 Å². The molecule has 0 radical (unpaired) electrons. The molecule has 1 heterocycles. The maximum absolute atomic E-state index is 13.1. The standard InChI is InChI=1S/C26H28N2O6S/c1-6-14-28-18(2)15-24(19(28)3)25(29)17-34-26(30)20-8-7-9-23(16-20)35(31,32)27(4)21-10-12-22(33-5)13-11-21/h6-13,15-16H,1,14,17H2,2-5H3. The van der Waals surface area contributed by atoms with Crippen molar-refractivity contribution in [3.8, 4) is 5.75 Å². The number of benzene rings is 2. The van der Waals surface area contributed by atoms with Crippen molar-refractivity contribution in [3.63, 3.8) is 0 Å². The van der Waals surface area contributed by atoms with Gasteiger partial charge in [-0.1, -0.05) is 12.1 Å². The number of hydrogen-bond acceptors (Lipinski definition) is 6. The zero-order valence-corrected chi connectivity index (χ0v) is 21.0. The molecule has 0 aliphatic carbocycles. The molecule has 0 bridgehead atoms. The van der Waals surface area contributed by atoms with E-state index in [1.807, 2.05) is 18.4 Å². The number of carbonyl (C=O) groups excluding carboxylic acids is 2. The lowest BCUT2D eigenvalue weighted by atomic mass is 10.1. The number of aromatic nitrogens is 1. The number of aryl methyl sites for hydroxylation is 1. The molecule has 0 amide bonds. The number of rotatable bonds is 10. The summed E-state index contributed by atoms with van der Waals surface area (Å²) < 4.78 is 39.6. The fraction of sp³-hybridized carbons (Fsp3) is 0.231. The largest absolute Gasteiger partial charge is 0.497 e. The minimum absolute atomic E-state index is 0.0270. The van der Waals surface area contributed by atoms with E-state index in [1.165, 1.54) is 38.4 Å². The third-order valence-corrected chi connectivity index (χ3v) is 7.47. The number of methoxy groups -OCH3 is 1. The van der Waals surface area contributed by atoms with Gasteiger partial charge in [-0.3, -0.25) is 9.10 Å². The first-order valence-corrected chi connectivity index (χ1v) is 12.2. The van der Waals surface area contributed by atoms with Crippen LogP contribution in [0.2, 0.25) is 0 Å². The first-order chi connectivity index (χ1) is 16.6. The molecule has 35 heavy (non-hydrogen) atoms. The molecule has 184 valence electrons. The molecule has 0 N–H and O–H groups in total. The third-order valence-electron chi connectivity index (χ3n) is 5.68. The fourth-order valence-electron chi connectivity index (χ4n) is 3.66. The van der Waals surface area contributed by atoms with E-state index < -0.39 is 22.6 Å². The predicted octanol–water partition coefficient (Wildman–Crippen LogP) is 4.16. The average molecular weight is 497 g/mol. The van der Waals surface area contributed by atoms with E-state index in [9.17, 15) is 18.0 Å². The van der Waals surface area contributed by atoms with Crippen molar-refractivity contribution in [1.82, 2.24) is 4.57 Å². The monoisotopic (exact) mass is 496 g/mol. The van der Waals surface area contributed by atoms with Crippen molar-refractivity contribution < 1.29 is 27.5 Å². The lowest BCUT2D eigenvalue weighted by Crippen LogP contribution is -2.26. The molecule has 9 heteroatoms. The molecule has 1 aromatic heterocycles. The van der Waals surface area contributed by atoms with Gasteiger partial charge in [0.15, 0.2) is 6.61 Å². The Kier molecular flexibility index (Phi) is 7.81. The van der Waals surface area contributed by atoms with Crippen LogP contribution in [-0.4, -0.2) is 45.5 Å².